The van der Waals surface area contributed by atoms with Crippen molar-refractivity contribution < 1.29 is 32.2 Å². The van der Waals surface area contributed by atoms with Crippen LogP contribution >= 0.6 is 0 Å². The summed E-state index contributed by atoms with van der Waals surface area (Å²) in [7, 11) is 1.33. The van der Waals surface area contributed by atoms with Crippen molar-refractivity contribution in [2.45, 2.75) is 19.5 Å². The number of hydrogen-bond acceptors (Lipinski definition) is 6. The van der Waals surface area contributed by atoms with Crippen molar-refractivity contribution in [2.24, 2.45) is 0 Å². The van der Waals surface area contributed by atoms with Gasteiger partial charge in [0.25, 0.3) is 5.56 Å². The van der Waals surface area contributed by atoms with Crippen LogP contribution in [0, 0.1) is 19.3 Å². The number of fused-ring (bicyclic) bond motifs is 1. The molecule has 0 saturated carbocycles. The number of terminal acetylenes is 1. The lowest BCUT2D eigenvalue weighted by atomic mass is 10.1. The number of aliphatic carboxylic acids is 1. The third kappa shape index (κ3) is 4.22. The van der Waals surface area contributed by atoms with Crippen LogP contribution in [-0.4, -0.2) is 37.8 Å². The number of carbonyl (C=O) groups is 1. The van der Waals surface area contributed by atoms with E-state index < -0.39 is 40.9 Å². The zero-order chi connectivity index (χ0) is 26.2. The largest absolute Gasteiger partial charge is 0.494 e. The van der Waals surface area contributed by atoms with Crippen molar-refractivity contribution in [3.63, 3.8) is 0 Å². The van der Waals surface area contributed by atoms with Gasteiger partial charge in [0.05, 0.1) is 19.1 Å². The lowest BCUT2D eigenvalue weighted by Crippen LogP contribution is -2.22. The summed E-state index contributed by atoms with van der Waals surface area (Å²) in [6.45, 7) is 1.50. The third-order valence-electron chi connectivity index (χ3n) is 5.20. The topological polar surface area (TPSA) is 123 Å². The maximum absolute atomic E-state index is 13.9. The summed E-state index contributed by atoms with van der Waals surface area (Å²) in [5.74, 6) is 0.892. The Labute approximate surface area is 200 Å². The van der Waals surface area contributed by atoms with Crippen LogP contribution in [0.3, 0.4) is 0 Å². The van der Waals surface area contributed by atoms with E-state index in [9.17, 15) is 27.9 Å². The van der Waals surface area contributed by atoms with Gasteiger partial charge in [-0.25, -0.2) is 4.98 Å². The molecule has 9 nitrogen and oxygen atoms in total. The second kappa shape index (κ2) is 9.10. The van der Waals surface area contributed by atoms with E-state index in [1.807, 2.05) is 0 Å². The molecule has 0 aliphatic carbocycles. The Morgan fingerprint density at radius 3 is 2.58 bits per heavy atom. The molecule has 3 heterocycles. The quantitative estimate of drug-likeness (QED) is 0.305. The number of carboxylic acids is 1. The second-order valence-electron chi connectivity index (χ2n) is 7.51. The lowest BCUT2D eigenvalue weighted by molar-refractivity contribution is -0.141. The molecule has 0 atom stereocenters. The summed E-state index contributed by atoms with van der Waals surface area (Å²) in [5, 5.41) is 13.0. The van der Waals surface area contributed by atoms with Gasteiger partial charge in [0.2, 0.25) is 5.89 Å². The molecular formula is C24H17F3N4O5. The highest BCUT2D eigenvalue weighted by molar-refractivity contribution is 5.82. The van der Waals surface area contributed by atoms with Crippen LogP contribution in [0.5, 0.6) is 0 Å². The van der Waals surface area contributed by atoms with Crippen LogP contribution in [0.2, 0.25) is 0 Å². The molecule has 1 aromatic carbocycles. The summed E-state index contributed by atoms with van der Waals surface area (Å²) < 4.78 is 53.1. The molecule has 0 spiro atoms. The minimum atomic E-state index is -4.91. The van der Waals surface area contributed by atoms with Gasteiger partial charge in [-0.3, -0.25) is 9.59 Å². The molecule has 12 heteroatoms. The fourth-order valence-corrected chi connectivity index (χ4v) is 3.73. The average molecular weight is 498 g/mol. The van der Waals surface area contributed by atoms with Crippen molar-refractivity contribution in [1.29, 1.82) is 0 Å². The van der Waals surface area contributed by atoms with E-state index in [4.69, 9.17) is 15.6 Å². The van der Waals surface area contributed by atoms with Crippen molar-refractivity contribution in [1.82, 2.24) is 19.6 Å². The number of aromatic amines is 1. The Bertz CT molecular complexity index is 1610. The molecular weight excluding hydrogens is 481 g/mol. The van der Waals surface area contributed by atoms with E-state index >= 15 is 0 Å². The van der Waals surface area contributed by atoms with Gasteiger partial charge in [-0.2, -0.15) is 22.8 Å². The number of hydrogen-bond donors (Lipinski definition) is 2. The van der Waals surface area contributed by atoms with Gasteiger partial charge >= 0.3 is 12.1 Å². The van der Waals surface area contributed by atoms with Crippen molar-refractivity contribution in [3.05, 3.63) is 69.6 Å². The molecule has 4 aromatic rings. The molecule has 3 aromatic heterocycles. The zero-order valence-electron chi connectivity index (χ0n) is 18.8. The molecule has 0 bridgehead atoms. The van der Waals surface area contributed by atoms with Crippen molar-refractivity contribution >= 4 is 17.4 Å². The Balaban J connectivity index is 2.08. The summed E-state index contributed by atoms with van der Waals surface area (Å²) in [4.78, 5) is 32.0. The van der Waals surface area contributed by atoms with Gasteiger partial charge < -0.3 is 19.2 Å². The molecule has 36 heavy (non-hydrogen) atoms. The summed E-state index contributed by atoms with van der Waals surface area (Å²) in [5.41, 5.74) is -3.46. The molecule has 0 saturated heterocycles. The molecule has 0 radical (unpaired) electrons. The smallest absolute Gasteiger partial charge is 0.435 e. The lowest BCUT2D eigenvalue weighted by Gasteiger charge is -2.08. The molecule has 0 fully saturated rings. The highest BCUT2D eigenvalue weighted by Crippen LogP contribution is 2.38. The van der Waals surface area contributed by atoms with E-state index in [0.717, 1.165) is 0 Å². The molecule has 0 aliphatic heterocycles. The van der Waals surface area contributed by atoms with Gasteiger partial charge in [-0.15, -0.1) is 6.42 Å². The van der Waals surface area contributed by atoms with E-state index in [1.54, 1.807) is 6.07 Å². The Hall–Kier alpha value is -4.79. The maximum atomic E-state index is 13.9. The van der Waals surface area contributed by atoms with Crippen LogP contribution in [0.4, 0.5) is 13.2 Å². The predicted octanol–water partition coefficient (Wildman–Crippen LogP) is 3.92. The number of H-pyrrole nitrogens is 1. The van der Waals surface area contributed by atoms with E-state index in [-0.39, 0.29) is 40.0 Å². The van der Waals surface area contributed by atoms with Gasteiger partial charge in [0, 0.05) is 11.8 Å². The summed E-state index contributed by atoms with van der Waals surface area (Å²) >= 11 is 0. The first kappa shape index (κ1) is 24.3. The number of allylic oxidation sites excluding steroid dienone is 1. The molecule has 184 valence electrons. The molecule has 0 aliphatic rings. The molecule has 4 rings (SSSR count). The molecule has 2 N–H and O–H groups in total. The Kier molecular flexibility index (Phi) is 6.15. The number of nitrogens with zero attached hydrogens (tertiary/aromatic N) is 3. The van der Waals surface area contributed by atoms with Crippen LogP contribution < -0.4 is 5.56 Å². The maximum Gasteiger partial charge on any atom is 0.435 e. The monoisotopic (exact) mass is 498 g/mol. The van der Waals surface area contributed by atoms with Crippen LogP contribution in [0.1, 0.15) is 22.8 Å². The van der Waals surface area contributed by atoms with E-state index in [2.05, 4.69) is 21.0 Å². The normalized spacial score (nSPS) is 12.1. The van der Waals surface area contributed by atoms with E-state index in [0.29, 0.717) is 4.52 Å². The fraction of sp³-hybridized carbons (Fsp3) is 0.167. The number of methoxy groups -OCH3 is 1. The van der Waals surface area contributed by atoms with Gasteiger partial charge in [-0.05, 0) is 12.5 Å². The summed E-state index contributed by atoms with van der Waals surface area (Å²) in [6.07, 6.45) is 0.894. The first-order chi connectivity index (χ1) is 17.1. The van der Waals surface area contributed by atoms with Crippen molar-refractivity contribution in [2.75, 3.05) is 7.11 Å². The number of nitrogens with one attached hydrogen (secondary N) is 1. The number of benzene rings is 1. The molecule has 0 amide bonds. The molecule has 0 unspecified atom stereocenters. The third-order valence-corrected chi connectivity index (χ3v) is 5.20. The number of oxazole rings is 1. The van der Waals surface area contributed by atoms with Gasteiger partial charge in [0.15, 0.2) is 11.5 Å². The standard InChI is InChI=1S/C24H17F3N4O5/c1-4-8-15(35-3)19-12(2)36-22(29-19)18-14(11-16(32)33)28-21-17(13-9-6-5-7-10-13)20(24(25,26)27)30-31(21)23(18)34/h1,5-10,28H,11H2,2-3H3,(H,32,33)/b15-8+. The number of aryl methyl sites for hydroxylation is 1. The minimum absolute atomic E-state index is 0.128. The number of rotatable bonds is 6. The Morgan fingerprint density at radius 2 is 2.00 bits per heavy atom. The average Bonchev–Trinajstić information content (AvgIpc) is 3.39. The Morgan fingerprint density at radius 1 is 1.31 bits per heavy atom. The van der Waals surface area contributed by atoms with Gasteiger partial charge in [-0.1, -0.05) is 36.3 Å². The van der Waals surface area contributed by atoms with Gasteiger partial charge in [0.1, 0.15) is 22.7 Å². The predicted molar refractivity (Wildman–Crippen MR) is 122 cm³/mol. The fourth-order valence-electron chi connectivity index (χ4n) is 3.73. The number of halogens is 3. The number of alkyl halides is 3. The zero-order valence-corrected chi connectivity index (χ0v) is 18.8. The van der Waals surface area contributed by atoms with Crippen LogP contribution in [0.15, 0.2) is 45.6 Å². The number of aromatic nitrogens is 4. The second-order valence-corrected chi connectivity index (χ2v) is 7.51. The number of carboxylic acid groups (broad SMARTS) is 1. The minimum Gasteiger partial charge on any atom is -0.494 e. The van der Waals surface area contributed by atoms with Crippen LogP contribution in [-0.2, 0) is 22.1 Å². The number of ether oxygens (including phenoxy) is 1. The van der Waals surface area contributed by atoms with Crippen molar-refractivity contribution in [3.8, 4) is 34.9 Å². The first-order valence-corrected chi connectivity index (χ1v) is 10.3. The first-order valence-electron chi connectivity index (χ1n) is 10.3. The van der Waals surface area contributed by atoms with E-state index in [1.165, 1.54) is 44.4 Å². The summed E-state index contributed by atoms with van der Waals surface area (Å²) in [6, 6.07) is 7.51. The SMILES string of the molecule is C#C/C=C(/OC)c1nc(-c2c(CC(=O)O)[nH]c3c(-c4ccccc4)c(C(F)(F)F)nn3c2=O)oc1C. The highest BCUT2D eigenvalue weighted by atomic mass is 19.4. The van der Waals surface area contributed by atoms with Crippen LogP contribution in [0.25, 0.3) is 34.0 Å². The highest BCUT2D eigenvalue weighted by Gasteiger charge is 2.40.